The number of rotatable bonds is 6. The summed E-state index contributed by atoms with van der Waals surface area (Å²) in [7, 11) is -1.29. The van der Waals surface area contributed by atoms with Crippen molar-refractivity contribution in [2.45, 2.75) is 24.3 Å². The van der Waals surface area contributed by atoms with Gasteiger partial charge in [0.25, 0.3) is 5.91 Å². The van der Waals surface area contributed by atoms with Crippen LogP contribution in [0, 0.1) is 0 Å². The molecule has 0 saturated carbocycles. The SMILES string of the molecule is CNS(=O)(=O)c1cc(C(=O)NC(C)(C)C(=O)O)ccc1OC. The first-order valence-corrected chi connectivity index (χ1v) is 7.71. The van der Waals surface area contributed by atoms with E-state index < -0.39 is 27.4 Å². The highest BCUT2D eigenvalue weighted by Gasteiger charge is 2.30. The van der Waals surface area contributed by atoms with E-state index in [-0.39, 0.29) is 16.2 Å². The molecule has 1 aromatic rings. The van der Waals surface area contributed by atoms with Gasteiger partial charge in [0.2, 0.25) is 10.0 Å². The molecule has 0 aromatic heterocycles. The lowest BCUT2D eigenvalue weighted by Gasteiger charge is -2.21. The van der Waals surface area contributed by atoms with E-state index in [9.17, 15) is 18.0 Å². The Labute approximate surface area is 128 Å². The van der Waals surface area contributed by atoms with Crippen LogP contribution in [0.15, 0.2) is 23.1 Å². The smallest absolute Gasteiger partial charge is 0.328 e. The van der Waals surface area contributed by atoms with Crippen molar-refractivity contribution in [2.24, 2.45) is 0 Å². The molecule has 0 aliphatic rings. The highest BCUT2D eigenvalue weighted by atomic mass is 32.2. The number of methoxy groups -OCH3 is 1. The molecule has 9 heteroatoms. The molecule has 1 rings (SSSR count). The molecule has 0 fully saturated rings. The first-order chi connectivity index (χ1) is 10.0. The molecule has 0 spiro atoms. The van der Waals surface area contributed by atoms with Gasteiger partial charge in [-0.1, -0.05) is 0 Å². The molecule has 3 N–H and O–H groups in total. The normalized spacial score (nSPS) is 11.8. The standard InChI is InChI=1S/C13H18N2O6S/c1-13(2,12(17)18)15-11(16)8-5-6-9(21-4)10(7-8)22(19,20)14-3/h5-7,14H,1-4H3,(H,15,16)(H,17,18). The second-order valence-corrected chi connectivity index (χ2v) is 6.81. The molecular formula is C13H18N2O6S. The lowest BCUT2D eigenvalue weighted by molar-refractivity contribution is -0.143. The molecule has 22 heavy (non-hydrogen) atoms. The molecule has 0 unspecified atom stereocenters. The molecule has 1 aromatic carbocycles. The van der Waals surface area contributed by atoms with Gasteiger partial charge in [-0.25, -0.2) is 17.9 Å². The van der Waals surface area contributed by atoms with E-state index >= 15 is 0 Å². The number of carboxylic acids is 1. The third-order valence-corrected chi connectivity index (χ3v) is 4.38. The Bertz CT molecular complexity index is 696. The molecule has 122 valence electrons. The van der Waals surface area contributed by atoms with Crippen molar-refractivity contribution < 1.29 is 27.9 Å². The predicted molar refractivity (Wildman–Crippen MR) is 78.4 cm³/mol. The summed E-state index contributed by atoms with van der Waals surface area (Å²) in [4.78, 5) is 22.9. The topological polar surface area (TPSA) is 122 Å². The van der Waals surface area contributed by atoms with Crippen LogP contribution < -0.4 is 14.8 Å². The summed E-state index contributed by atoms with van der Waals surface area (Å²) in [5.41, 5.74) is -1.48. The first-order valence-electron chi connectivity index (χ1n) is 6.22. The molecule has 0 saturated heterocycles. The molecule has 8 nitrogen and oxygen atoms in total. The van der Waals surface area contributed by atoms with E-state index in [1.807, 2.05) is 0 Å². The van der Waals surface area contributed by atoms with Crippen LogP contribution in [-0.4, -0.2) is 45.1 Å². The van der Waals surface area contributed by atoms with Gasteiger partial charge in [-0.05, 0) is 39.1 Å². The third kappa shape index (κ3) is 3.74. The number of nitrogens with one attached hydrogen (secondary N) is 2. The van der Waals surface area contributed by atoms with E-state index in [2.05, 4.69) is 10.0 Å². The van der Waals surface area contributed by atoms with Crippen molar-refractivity contribution in [1.29, 1.82) is 0 Å². The zero-order valence-electron chi connectivity index (χ0n) is 12.6. The van der Waals surface area contributed by atoms with Crippen LogP contribution in [0.5, 0.6) is 5.75 Å². The predicted octanol–water partition coefficient (Wildman–Crippen LogP) is 0.196. The molecule has 0 aliphatic carbocycles. The fraction of sp³-hybridized carbons (Fsp3) is 0.385. The number of carbonyl (C=O) groups excluding carboxylic acids is 1. The fourth-order valence-corrected chi connectivity index (χ4v) is 2.47. The summed E-state index contributed by atoms with van der Waals surface area (Å²) in [6.07, 6.45) is 0. The Morgan fingerprint density at radius 3 is 2.32 bits per heavy atom. The second kappa shape index (κ2) is 6.32. The van der Waals surface area contributed by atoms with Crippen LogP contribution in [0.25, 0.3) is 0 Å². The summed E-state index contributed by atoms with van der Waals surface area (Å²) < 4.78 is 31.0. The van der Waals surface area contributed by atoms with Gasteiger partial charge >= 0.3 is 5.97 Å². The van der Waals surface area contributed by atoms with Crippen LogP contribution in [0.1, 0.15) is 24.2 Å². The van der Waals surface area contributed by atoms with Gasteiger partial charge in [0.05, 0.1) is 7.11 Å². The first kappa shape index (κ1) is 17.9. The van der Waals surface area contributed by atoms with Gasteiger partial charge in [0, 0.05) is 5.56 Å². The molecule has 0 aliphatic heterocycles. The minimum atomic E-state index is -3.83. The number of aliphatic carboxylic acids is 1. The van der Waals surface area contributed by atoms with E-state index in [4.69, 9.17) is 9.84 Å². The number of ether oxygens (including phenoxy) is 1. The maximum Gasteiger partial charge on any atom is 0.328 e. The minimum Gasteiger partial charge on any atom is -0.495 e. The van der Waals surface area contributed by atoms with Gasteiger partial charge in [-0.3, -0.25) is 4.79 Å². The third-order valence-electron chi connectivity index (χ3n) is 2.94. The average molecular weight is 330 g/mol. The number of amides is 1. The molecular weight excluding hydrogens is 312 g/mol. The van der Waals surface area contributed by atoms with Crippen molar-refractivity contribution in [3.8, 4) is 5.75 Å². The van der Waals surface area contributed by atoms with Gasteiger partial charge in [0.1, 0.15) is 16.2 Å². The second-order valence-electron chi connectivity index (χ2n) is 4.96. The molecule has 1 amide bonds. The number of carboxylic acid groups (broad SMARTS) is 1. The number of carbonyl (C=O) groups is 2. The van der Waals surface area contributed by atoms with Gasteiger partial charge in [-0.15, -0.1) is 0 Å². The Morgan fingerprint density at radius 1 is 1.27 bits per heavy atom. The summed E-state index contributed by atoms with van der Waals surface area (Å²) in [5, 5.41) is 11.3. The molecule has 0 bridgehead atoms. The molecule has 0 radical (unpaired) electrons. The highest BCUT2D eigenvalue weighted by molar-refractivity contribution is 7.89. The number of hydrogen-bond acceptors (Lipinski definition) is 5. The number of benzene rings is 1. The summed E-state index contributed by atoms with van der Waals surface area (Å²) in [6.45, 7) is 2.64. The van der Waals surface area contributed by atoms with Crippen molar-refractivity contribution in [3.05, 3.63) is 23.8 Å². The lowest BCUT2D eigenvalue weighted by atomic mass is 10.1. The molecule has 0 heterocycles. The molecule has 0 atom stereocenters. The van der Waals surface area contributed by atoms with Crippen LogP contribution in [0.3, 0.4) is 0 Å². The number of hydrogen-bond donors (Lipinski definition) is 3. The van der Waals surface area contributed by atoms with Crippen LogP contribution in [0.4, 0.5) is 0 Å². The van der Waals surface area contributed by atoms with E-state index in [1.165, 1.54) is 40.1 Å². The van der Waals surface area contributed by atoms with Crippen molar-refractivity contribution in [2.75, 3.05) is 14.2 Å². The monoisotopic (exact) mass is 330 g/mol. The zero-order chi connectivity index (χ0) is 17.1. The zero-order valence-corrected chi connectivity index (χ0v) is 13.4. The largest absolute Gasteiger partial charge is 0.495 e. The maximum atomic E-state index is 12.1. The number of sulfonamides is 1. The van der Waals surface area contributed by atoms with Crippen LogP contribution >= 0.6 is 0 Å². The quantitative estimate of drug-likeness (QED) is 0.685. The average Bonchev–Trinajstić information content (AvgIpc) is 2.45. The Morgan fingerprint density at radius 2 is 1.86 bits per heavy atom. The Hall–Kier alpha value is -2.13. The van der Waals surface area contributed by atoms with E-state index in [1.54, 1.807) is 0 Å². The van der Waals surface area contributed by atoms with Crippen LogP contribution in [-0.2, 0) is 14.8 Å². The fourth-order valence-electron chi connectivity index (χ4n) is 1.55. The van der Waals surface area contributed by atoms with Crippen molar-refractivity contribution in [3.63, 3.8) is 0 Å². The van der Waals surface area contributed by atoms with Crippen molar-refractivity contribution in [1.82, 2.24) is 10.0 Å². The van der Waals surface area contributed by atoms with Gasteiger partial charge in [0.15, 0.2) is 0 Å². The van der Waals surface area contributed by atoms with E-state index in [0.29, 0.717) is 0 Å². The summed E-state index contributed by atoms with van der Waals surface area (Å²) in [5.74, 6) is -1.84. The van der Waals surface area contributed by atoms with Crippen LogP contribution in [0.2, 0.25) is 0 Å². The summed E-state index contributed by atoms with van der Waals surface area (Å²) >= 11 is 0. The summed E-state index contributed by atoms with van der Waals surface area (Å²) in [6, 6.07) is 3.80. The van der Waals surface area contributed by atoms with Gasteiger partial charge < -0.3 is 15.2 Å². The van der Waals surface area contributed by atoms with Crippen molar-refractivity contribution >= 4 is 21.9 Å². The van der Waals surface area contributed by atoms with E-state index in [0.717, 1.165) is 6.07 Å². The lowest BCUT2D eigenvalue weighted by Crippen LogP contribution is -2.49. The maximum absolute atomic E-state index is 12.1. The highest BCUT2D eigenvalue weighted by Crippen LogP contribution is 2.24. The Balaban J connectivity index is 3.26. The Kier molecular flexibility index (Phi) is 5.15. The van der Waals surface area contributed by atoms with Gasteiger partial charge in [-0.2, -0.15) is 0 Å². The minimum absolute atomic E-state index is 0.00366.